The Morgan fingerprint density at radius 3 is 2.28 bits per heavy atom. The molecule has 7 nitrogen and oxygen atoms in total. The Morgan fingerprint density at radius 2 is 1.66 bits per heavy atom. The van der Waals surface area contributed by atoms with Crippen molar-refractivity contribution in [2.24, 2.45) is 0 Å². The maximum atomic E-state index is 12.7. The first-order chi connectivity index (χ1) is 14.0. The van der Waals surface area contributed by atoms with E-state index in [2.05, 4.69) is 10.2 Å². The number of nitrogens with one attached hydrogen (secondary N) is 1. The van der Waals surface area contributed by atoms with Crippen LogP contribution in [0.2, 0.25) is 0 Å². The van der Waals surface area contributed by atoms with Gasteiger partial charge in [-0.2, -0.15) is 0 Å². The molecule has 1 aliphatic heterocycles. The van der Waals surface area contributed by atoms with E-state index in [-0.39, 0.29) is 11.9 Å². The molecule has 3 amide bonds. The molecule has 0 bridgehead atoms. The van der Waals surface area contributed by atoms with Crippen molar-refractivity contribution >= 4 is 17.6 Å². The van der Waals surface area contributed by atoms with E-state index in [0.717, 1.165) is 17.0 Å². The first-order valence-electron chi connectivity index (χ1n) is 9.75. The van der Waals surface area contributed by atoms with Crippen LogP contribution in [-0.4, -0.2) is 73.5 Å². The number of amides is 3. The molecule has 0 saturated carbocycles. The topological polar surface area (TPSA) is 65.1 Å². The molecule has 1 N–H and O–H groups in total. The molecule has 1 fully saturated rings. The van der Waals surface area contributed by atoms with Gasteiger partial charge in [0.1, 0.15) is 5.75 Å². The second kappa shape index (κ2) is 9.93. The van der Waals surface area contributed by atoms with Crippen LogP contribution in [-0.2, 0) is 11.3 Å². The average Bonchev–Trinajstić information content (AvgIpc) is 2.75. The highest BCUT2D eigenvalue weighted by molar-refractivity contribution is 5.92. The fourth-order valence-corrected chi connectivity index (χ4v) is 3.34. The van der Waals surface area contributed by atoms with Gasteiger partial charge in [0.2, 0.25) is 5.91 Å². The summed E-state index contributed by atoms with van der Waals surface area (Å²) < 4.78 is 5.12. The number of urea groups is 1. The van der Waals surface area contributed by atoms with Crippen molar-refractivity contribution < 1.29 is 14.3 Å². The third-order valence-corrected chi connectivity index (χ3v) is 4.97. The number of hydrogen-bond donors (Lipinski definition) is 1. The number of carbonyl (C=O) groups excluding carboxylic acids is 2. The largest absolute Gasteiger partial charge is 0.497 e. The van der Waals surface area contributed by atoms with E-state index >= 15 is 0 Å². The average molecular weight is 396 g/mol. The highest BCUT2D eigenvalue weighted by atomic mass is 16.5. The summed E-state index contributed by atoms with van der Waals surface area (Å²) in [6, 6.07) is 17.2. The number of benzene rings is 2. The molecule has 7 heteroatoms. The van der Waals surface area contributed by atoms with Crippen LogP contribution >= 0.6 is 0 Å². The normalized spacial score (nSPS) is 14.3. The van der Waals surface area contributed by atoms with Crippen LogP contribution in [0.1, 0.15) is 5.56 Å². The Hall–Kier alpha value is -3.06. The van der Waals surface area contributed by atoms with E-state index in [9.17, 15) is 9.59 Å². The van der Waals surface area contributed by atoms with Crippen molar-refractivity contribution in [2.75, 3.05) is 52.2 Å². The van der Waals surface area contributed by atoms with Crippen LogP contribution < -0.4 is 10.1 Å². The van der Waals surface area contributed by atoms with E-state index in [1.54, 1.807) is 12.0 Å². The summed E-state index contributed by atoms with van der Waals surface area (Å²) in [5, 5.41) is 2.90. The zero-order valence-corrected chi connectivity index (χ0v) is 17.0. The molecule has 2 aromatic rings. The molecule has 3 rings (SSSR count). The molecule has 0 spiro atoms. The summed E-state index contributed by atoms with van der Waals surface area (Å²) in [5.74, 6) is 0.692. The predicted octanol–water partition coefficient (Wildman–Crippen LogP) is 2.50. The van der Waals surface area contributed by atoms with Gasteiger partial charge in [0, 0.05) is 45.5 Å². The molecule has 0 atom stereocenters. The van der Waals surface area contributed by atoms with Gasteiger partial charge in [0.05, 0.1) is 13.7 Å². The highest BCUT2D eigenvalue weighted by Gasteiger charge is 2.24. The lowest BCUT2D eigenvalue weighted by molar-refractivity contribution is -0.117. The fourth-order valence-electron chi connectivity index (χ4n) is 3.34. The number of nitrogens with zero attached hydrogens (tertiary/aromatic N) is 3. The smallest absolute Gasteiger partial charge is 0.320 e. The van der Waals surface area contributed by atoms with Gasteiger partial charge >= 0.3 is 6.03 Å². The van der Waals surface area contributed by atoms with Crippen molar-refractivity contribution in [3.8, 4) is 5.75 Å². The van der Waals surface area contributed by atoms with E-state index in [1.807, 2.05) is 66.5 Å². The monoisotopic (exact) mass is 396 g/mol. The Morgan fingerprint density at radius 1 is 1.00 bits per heavy atom. The minimum absolute atomic E-state index is 0.0242. The molecular formula is C22H28N4O3. The zero-order valence-electron chi connectivity index (χ0n) is 17.0. The second-order valence-electron chi connectivity index (χ2n) is 7.16. The molecule has 29 heavy (non-hydrogen) atoms. The molecule has 0 unspecified atom stereocenters. The summed E-state index contributed by atoms with van der Waals surface area (Å²) in [6.45, 7) is 3.50. The van der Waals surface area contributed by atoms with Crippen LogP contribution in [0.3, 0.4) is 0 Å². The van der Waals surface area contributed by atoms with Crippen LogP contribution in [0.15, 0.2) is 54.6 Å². The standard InChI is InChI=1S/C22H28N4O3/c1-24(16-18-6-4-3-5-7-18)22(28)26-14-12-25(13-15-26)17-21(27)23-19-8-10-20(29-2)11-9-19/h3-11H,12-17H2,1-2H3,(H,23,27). The maximum absolute atomic E-state index is 12.7. The van der Waals surface area contributed by atoms with E-state index in [4.69, 9.17) is 4.74 Å². The van der Waals surface area contributed by atoms with Gasteiger partial charge in [-0.05, 0) is 29.8 Å². The second-order valence-corrected chi connectivity index (χ2v) is 7.16. The van der Waals surface area contributed by atoms with Crippen LogP contribution in [0.4, 0.5) is 10.5 Å². The Kier molecular flexibility index (Phi) is 7.08. The third-order valence-electron chi connectivity index (χ3n) is 4.97. The molecule has 1 heterocycles. The van der Waals surface area contributed by atoms with Crippen LogP contribution in [0, 0.1) is 0 Å². The van der Waals surface area contributed by atoms with E-state index in [0.29, 0.717) is 39.3 Å². The number of methoxy groups -OCH3 is 1. The molecule has 0 radical (unpaired) electrons. The summed E-state index contributed by atoms with van der Waals surface area (Å²) in [6.07, 6.45) is 0. The quantitative estimate of drug-likeness (QED) is 0.815. The van der Waals surface area contributed by atoms with E-state index in [1.165, 1.54) is 0 Å². The van der Waals surface area contributed by atoms with Crippen molar-refractivity contribution in [3.05, 3.63) is 60.2 Å². The zero-order chi connectivity index (χ0) is 20.6. The summed E-state index contributed by atoms with van der Waals surface area (Å²) >= 11 is 0. The lowest BCUT2D eigenvalue weighted by atomic mass is 10.2. The van der Waals surface area contributed by atoms with Crippen LogP contribution in [0.25, 0.3) is 0 Å². The SMILES string of the molecule is COc1ccc(NC(=O)CN2CCN(C(=O)N(C)Cc3ccccc3)CC2)cc1. The minimum atomic E-state index is -0.0591. The van der Waals surface area contributed by atoms with Gasteiger partial charge in [0.25, 0.3) is 0 Å². The van der Waals surface area contributed by atoms with Crippen LogP contribution in [0.5, 0.6) is 5.75 Å². The minimum Gasteiger partial charge on any atom is -0.497 e. The fraction of sp³-hybridized carbons (Fsp3) is 0.364. The van der Waals surface area contributed by atoms with Crippen molar-refractivity contribution in [1.29, 1.82) is 0 Å². The number of hydrogen-bond acceptors (Lipinski definition) is 4. The molecule has 2 aromatic carbocycles. The first-order valence-corrected chi connectivity index (χ1v) is 9.75. The van der Waals surface area contributed by atoms with Gasteiger partial charge in [-0.3, -0.25) is 9.69 Å². The van der Waals surface area contributed by atoms with Crippen molar-refractivity contribution in [3.63, 3.8) is 0 Å². The lowest BCUT2D eigenvalue weighted by Crippen LogP contribution is -2.53. The first kappa shape index (κ1) is 20.7. The maximum Gasteiger partial charge on any atom is 0.320 e. The summed E-state index contributed by atoms with van der Waals surface area (Å²) in [4.78, 5) is 30.6. The molecule has 0 aliphatic carbocycles. The van der Waals surface area contributed by atoms with Gasteiger partial charge in [-0.15, -0.1) is 0 Å². The Bertz CT molecular complexity index is 803. The Labute approximate surface area is 171 Å². The van der Waals surface area contributed by atoms with Gasteiger partial charge in [0.15, 0.2) is 0 Å². The predicted molar refractivity (Wildman–Crippen MR) is 113 cm³/mol. The number of rotatable bonds is 6. The summed E-state index contributed by atoms with van der Waals surface area (Å²) in [7, 11) is 3.43. The third kappa shape index (κ3) is 5.96. The van der Waals surface area contributed by atoms with Gasteiger partial charge < -0.3 is 19.9 Å². The van der Waals surface area contributed by atoms with E-state index < -0.39 is 0 Å². The van der Waals surface area contributed by atoms with Crippen molar-refractivity contribution in [2.45, 2.75) is 6.54 Å². The molecule has 154 valence electrons. The Balaban J connectivity index is 1.42. The van der Waals surface area contributed by atoms with Gasteiger partial charge in [-0.25, -0.2) is 4.79 Å². The molecule has 1 saturated heterocycles. The summed E-state index contributed by atoms with van der Waals surface area (Å²) in [5.41, 5.74) is 1.85. The van der Waals surface area contributed by atoms with Gasteiger partial charge in [-0.1, -0.05) is 30.3 Å². The van der Waals surface area contributed by atoms with Crippen molar-refractivity contribution in [1.82, 2.24) is 14.7 Å². The number of anilines is 1. The molecule has 1 aliphatic rings. The lowest BCUT2D eigenvalue weighted by Gasteiger charge is -2.36. The number of ether oxygens (including phenoxy) is 1. The molecule has 0 aromatic heterocycles. The highest BCUT2D eigenvalue weighted by Crippen LogP contribution is 2.15. The number of carbonyl (C=O) groups is 2. The molecular weight excluding hydrogens is 368 g/mol. The number of piperazine rings is 1.